The SMILES string of the molecule is CCNC(=NCC1CCCN(C)C1c1cccc(Cl)c1)NCCC(=O)N1CCCC1. The molecule has 2 heterocycles. The van der Waals surface area contributed by atoms with Crippen molar-refractivity contribution in [3.8, 4) is 0 Å². The molecule has 1 aromatic rings. The monoisotopic (exact) mass is 433 g/mol. The summed E-state index contributed by atoms with van der Waals surface area (Å²) in [5, 5.41) is 7.45. The molecule has 2 unspecified atom stereocenters. The zero-order valence-electron chi connectivity index (χ0n) is 18.4. The summed E-state index contributed by atoms with van der Waals surface area (Å²) in [4.78, 5) is 21.5. The highest BCUT2D eigenvalue weighted by atomic mass is 35.5. The molecule has 0 radical (unpaired) electrons. The minimum absolute atomic E-state index is 0.241. The molecule has 1 amide bonds. The third-order valence-electron chi connectivity index (χ3n) is 6.12. The minimum atomic E-state index is 0.241. The second-order valence-electron chi connectivity index (χ2n) is 8.37. The molecular formula is C23H36ClN5O. The summed E-state index contributed by atoms with van der Waals surface area (Å²) in [7, 11) is 2.19. The zero-order valence-corrected chi connectivity index (χ0v) is 19.1. The van der Waals surface area contributed by atoms with Gasteiger partial charge in [-0.15, -0.1) is 0 Å². The van der Waals surface area contributed by atoms with E-state index in [1.807, 2.05) is 17.0 Å². The van der Waals surface area contributed by atoms with Crippen molar-refractivity contribution < 1.29 is 4.79 Å². The Labute approximate surface area is 186 Å². The molecule has 3 rings (SSSR count). The van der Waals surface area contributed by atoms with Crippen LogP contribution in [-0.4, -0.2) is 68.0 Å². The van der Waals surface area contributed by atoms with E-state index in [0.29, 0.717) is 24.9 Å². The molecule has 1 aromatic carbocycles. The van der Waals surface area contributed by atoms with Gasteiger partial charge in [-0.3, -0.25) is 14.7 Å². The van der Waals surface area contributed by atoms with E-state index in [1.54, 1.807) is 0 Å². The van der Waals surface area contributed by atoms with Crippen LogP contribution >= 0.6 is 11.6 Å². The first-order valence-electron chi connectivity index (χ1n) is 11.3. The van der Waals surface area contributed by atoms with E-state index < -0.39 is 0 Å². The first kappa shape index (κ1) is 22.9. The number of aliphatic imine (C=N–C) groups is 1. The maximum absolute atomic E-state index is 12.3. The Bertz CT molecular complexity index is 719. The predicted molar refractivity (Wildman–Crippen MR) is 124 cm³/mol. The number of nitrogens with zero attached hydrogens (tertiary/aromatic N) is 3. The van der Waals surface area contributed by atoms with E-state index >= 15 is 0 Å². The van der Waals surface area contributed by atoms with Crippen molar-refractivity contribution in [1.82, 2.24) is 20.4 Å². The van der Waals surface area contributed by atoms with Gasteiger partial charge in [-0.2, -0.15) is 0 Å². The molecule has 0 bridgehead atoms. The van der Waals surface area contributed by atoms with Gasteiger partial charge in [0.25, 0.3) is 0 Å². The van der Waals surface area contributed by atoms with E-state index in [-0.39, 0.29) is 5.91 Å². The van der Waals surface area contributed by atoms with E-state index in [0.717, 1.165) is 63.0 Å². The van der Waals surface area contributed by atoms with Gasteiger partial charge in [0.15, 0.2) is 5.96 Å². The Morgan fingerprint density at radius 2 is 2.00 bits per heavy atom. The molecule has 2 fully saturated rings. The molecule has 6 nitrogen and oxygen atoms in total. The largest absolute Gasteiger partial charge is 0.357 e. The number of amides is 1. The first-order valence-corrected chi connectivity index (χ1v) is 11.7. The number of piperidine rings is 1. The summed E-state index contributed by atoms with van der Waals surface area (Å²) in [6.07, 6.45) is 5.11. The number of likely N-dealkylation sites (tertiary alicyclic amines) is 2. The van der Waals surface area contributed by atoms with Gasteiger partial charge < -0.3 is 15.5 Å². The van der Waals surface area contributed by atoms with E-state index in [1.165, 1.54) is 12.0 Å². The Hall–Kier alpha value is -1.79. The van der Waals surface area contributed by atoms with Gasteiger partial charge in [0.1, 0.15) is 0 Å². The number of benzene rings is 1. The quantitative estimate of drug-likeness (QED) is 0.511. The number of guanidine groups is 1. The van der Waals surface area contributed by atoms with Crippen molar-refractivity contribution in [2.45, 2.75) is 45.1 Å². The van der Waals surface area contributed by atoms with Gasteiger partial charge in [0.2, 0.25) is 5.91 Å². The molecule has 2 aliphatic rings. The van der Waals surface area contributed by atoms with Crippen LogP contribution in [0.5, 0.6) is 0 Å². The van der Waals surface area contributed by atoms with Crippen molar-refractivity contribution in [1.29, 1.82) is 0 Å². The van der Waals surface area contributed by atoms with Crippen LogP contribution in [0.3, 0.4) is 0 Å². The van der Waals surface area contributed by atoms with Crippen LogP contribution in [0, 0.1) is 5.92 Å². The Morgan fingerprint density at radius 3 is 2.73 bits per heavy atom. The fraction of sp³-hybridized carbons (Fsp3) is 0.652. The summed E-state index contributed by atoms with van der Waals surface area (Å²) in [5.41, 5.74) is 1.26. The molecule has 2 aliphatic heterocycles. The summed E-state index contributed by atoms with van der Waals surface area (Å²) < 4.78 is 0. The van der Waals surface area contributed by atoms with Gasteiger partial charge in [-0.05, 0) is 69.8 Å². The number of hydrogen-bond donors (Lipinski definition) is 2. The summed E-state index contributed by atoms with van der Waals surface area (Å²) in [6.45, 7) is 7.14. The van der Waals surface area contributed by atoms with Gasteiger partial charge in [-0.1, -0.05) is 23.7 Å². The maximum Gasteiger partial charge on any atom is 0.224 e. The van der Waals surface area contributed by atoms with Crippen LogP contribution < -0.4 is 10.6 Å². The van der Waals surface area contributed by atoms with Gasteiger partial charge in [0, 0.05) is 50.2 Å². The highest BCUT2D eigenvalue weighted by Crippen LogP contribution is 2.36. The van der Waals surface area contributed by atoms with Crippen molar-refractivity contribution in [3.05, 3.63) is 34.9 Å². The smallest absolute Gasteiger partial charge is 0.224 e. The van der Waals surface area contributed by atoms with Crippen molar-refractivity contribution in [2.75, 3.05) is 46.3 Å². The van der Waals surface area contributed by atoms with Crippen molar-refractivity contribution in [3.63, 3.8) is 0 Å². The number of rotatable bonds is 7. The molecule has 2 saturated heterocycles. The van der Waals surface area contributed by atoms with Gasteiger partial charge >= 0.3 is 0 Å². The summed E-state index contributed by atoms with van der Waals surface area (Å²) in [5.74, 6) is 1.47. The molecule has 2 N–H and O–H groups in total. The second-order valence-corrected chi connectivity index (χ2v) is 8.80. The molecule has 0 spiro atoms. The number of carbonyl (C=O) groups is 1. The Morgan fingerprint density at radius 1 is 1.20 bits per heavy atom. The van der Waals surface area contributed by atoms with Crippen LogP contribution in [0.2, 0.25) is 5.02 Å². The fourth-order valence-electron chi connectivity index (χ4n) is 4.63. The summed E-state index contributed by atoms with van der Waals surface area (Å²) in [6, 6.07) is 8.53. The van der Waals surface area contributed by atoms with Crippen molar-refractivity contribution >= 4 is 23.5 Å². The molecule has 2 atom stereocenters. The van der Waals surface area contributed by atoms with E-state index in [4.69, 9.17) is 16.6 Å². The maximum atomic E-state index is 12.3. The highest BCUT2D eigenvalue weighted by molar-refractivity contribution is 6.30. The lowest BCUT2D eigenvalue weighted by atomic mass is 9.85. The lowest BCUT2D eigenvalue weighted by molar-refractivity contribution is -0.129. The standard InChI is InChI=1S/C23H36ClN5O/c1-3-25-23(26-12-11-21(30)29-14-4-5-15-29)27-17-19-9-7-13-28(2)22(19)18-8-6-10-20(24)16-18/h6,8,10,16,19,22H,3-5,7,9,11-15,17H2,1-2H3,(H2,25,26,27). The number of nitrogens with one attached hydrogen (secondary N) is 2. The molecule has 0 aromatic heterocycles. The zero-order chi connectivity index (χ0) is 21.3. The van der Waals surface area contributed by atoms with Gasteiger partial charge in [-0.25, -0.2) is 0 Å². The Kier molecular flexibility index (Phi) is 8.82. The number of carbonyl (C=O) groups excluding carboxylic acids is 1. The van der Waals surface area contributed by atoms with Crippen molar-refractivity contribution in [2.24, 2.45) is 10.9 Å². The predicted octanol–water partition coefficient (Wildman–Crippen LogP) is 3.29. The summed E-state index contributed by atoms with van der Waals surface area (Å²) >= 11 is 6.26. The average molecular weight is 434 g/mol. The topological polar surface area (TPSA) is 60.0 Å². The molecular weight excluding hydrogens is 398 g/mol. The average Bonchev–Trinajstić information content (AvgIpc) is 3.27. The fourth-order valence-corrected chi connectivity index (χ4v) is 4.83. The third kappa shape index (κ3) is 6.35. The number of hydrogen-bond acceptors (Lipinski definition) is 3. The van der Waals surface area contributed by atoms with Gasteiger partial charge in [0.05, 0.1) is 0 Å². The molecule has 30 heavy (non-hydrogen) atoms. The Balaban J connectivity index is 1.59. The second kappa shape index (κ2) is 11.6. The lowest BCUT2D eigenvalue weighted by Gasteiger charge is -2.39. The van der Waals surface area contributed by atoms with Crippen LogP contribution in [0.4, 0.5) is 0 Å². The third-order valence-corrected chi connectivity index (χ3v) is 6.35. The highest BCUT2D eigenvalue weighted by Gasteiger charge is 2.30. The number of halogens is 1. The van der Waals surface area contributed by atoms with Crippen LogP contribution in [-0.2, 0) is 4.79 Å². The van der Waals surface area contributed by atoms with E-state index in [2.05, 4.69) is 41.6 Å². The molecule has 0 aliphatic carbocycles. The van der Waals surface area contributed by atoms with E-state index in [9.17, 15) is 4.79 Å². The minimum Gasteiger partial charge on any atom is -0.357 e. The molecule has 166 valence electrons. The molecule has 7 heteroatoms. The van der Waals surface area contributed by atoms with Crippen LogP contribution in [0.15, 0.2) is 29.3 Å². The van der Waals surface area contributed by atoms with Crippen LogP contribution in [0.1, 0.15) is 50.6 Å². The lowest BCUT2D eigenvalue weighted by Crippen LogP contribution is -2.41. The molecule has 0 saturated carbocycles. The first-order chi connectivity index (χ1) is 14.6. The van der Waals surface area contributed by atoms with Crippen LogP contribution in [0.25, 0.3) is 0 Å². The normalized spacial score (nSPS) is 22.9.